The molecule has 0 spiro atoms. The van der Waals surface area contributed by atoms with Gasteiger partial charge in [-0.1, -0.05) is 24.8 Å². The van der Waals surface area contributed by atoms with E-state index < -0.39 is 0 Å². The van der Waals surface area contributed by atoms with E-state index in [1.165, 1.54) is 16.7 Å². The second-order valence-electron chi connectivity index (χ2n) is 3.20. The number of rotatable bonds is 2. The molecule has 0 unspecified atom stereocenters. The Morgan fingerprint density at radius 3 is 3.00 bits per heavy atom. The van der Waals surface area contributed by atoms with E-state index in [-0.39, 0.29) is 0 Å². The molecule has 1 heteroatoms. The van der Waals surface area contributed by atoms with Gasteiger partial charge >= 0.3 is 0 Å². The summed E-state index contributed by atoms with van der Waals surface area (Å²) >= 11 is 0. The highest BCUT2D eigenvalue weighted by molar-refractivity contribution is 5.73. The van der Waals surface area contributed by atoms with Gasteiger partial charge in [-0.3, -0.25) is 0 Å². The van der Waals surface area contributed by atoms with Gasteiger partial charge in [0.1, 0.15) is 0 Å². The quantitative estimate of drug-likeness (QED) is 0.721. The molecule has 1 aliphatic rings. The number of allylic oxidation sites excluding steroid dienone is 1. The summed E-state index contributed by atoms with van der Waals surface area (Å²) in [5.41, 5.74) is 5.06. The molecule has 0 aliphatic heterocycles. The molecule has 1 N–H and O–H groups in total. The van der Waals surface area contributed by atoms with Gasteiger partial charge in [-0.05, 0) is 35.2 Å². The summed E-state index contributed by atoms with van der Waals surface area (Å²) in [7, 11) is 1.94. The Morgan fingerprint density at radius 2 is 2.31 bits per heavy atom. The Hall–Kier alpha value is -1.50. The molecule has 0 aromatic heterocycles. The third kappa shape index (κ3) is 1.26. The topological polar surface area (TPSA) is 12.0 Å². The normalized spacial score (nSPS) is 12.7. The lowest BCUT2D eigenvalue weighted by atomic mass is 10.0. The van der Waals surface area contributed by atoms with Crippen molar-refractivity contribution >= 4 is 17.8 Å². The number of benzene rings is 1. The van der Waals surface area contributed by atoms with E-state index >= 15 is 0 Å². The van der Waals surface area contributed by atoms with Crippen LogP contribution in [0.2, 0.25) is 0 Å². The van der Waals surface area contributed by atoms with Crippen LogP contribution in [0.25, 0.3) is 12.2 Å². The SMILES string of the molecule is C=Cc1cc2c(cc1NC)C=CC2. The average molecular weight is 171 g/mol. The van der Waals surface area contributed by atoms with Crippen LogP contribution in [0.15, 0.2) is 24.8 Å². The molecule has 1 aromatic carbocycles. The molecule has 66 valence electrons. The van der Waals surface area contributed by atoms with Crippen LogP contribution in [-0.4, -0.2) is 7.05 Å². The molecular weight excluding hydrogens is 158 g/mol. The second kappa shape index (κ2) is 3.09. The predicted octanol–water partition coefficient (Wildman–Crippen LogP) is 2.94. The molecule has 0 atom stereocenters. The number of hydrogen-bond acceptors (Lipinski definition) is 1. The summed E-state index contributed by atoms with van der Waals surface area (Å²) in [5, 5.41) is 3.17. The molecular formula is C12H13N. The van der Waals surface area contributed by atoms with E-state index in [0.29, 0.717) is 0 Å². The first-order valence-electron chi connectivity index (χ1n) is 4.49. The molecule has 0 saturated heterocycles. The summed E-state index contributed by atoms with van der Waals surface area (Å²) < 4.78 is 0. The first-order chi connectivity index (χ1) is 6.35. The maximum absolute atomic E-state index is 3.80. The summed E-state index contributed by atoms with van der Waals surface area (Å²) in [4.78, 5) is 0. The van der Waals surface area contributed by atoms with Crippen molar-refractivity contribution in [1.29, 1.82) is 0 Å². The molecule has 0 bridgehead atoms. The Kier molecular flexibility index (Phi) is 1.93. The fourth-order valence-corrected chi connectivity index (χ4v) is 1.71. The predicted molar refractivity (Wildman–Crippen MR) is 58.8 cm³/mol. The zero-order chi connectivity index (χ0) is 9.26. The van der Waals surface area contributed by atoms with E-state index in [1.807, 2.05) is 13.1 Å². The Labute approximate surface area is 78.8 Å². The minimum Gasteiger partial charge on any atom is -0.388 e. The van der Waals surface area contributed by atoms with Crippen molar-refractivity contribution in [3.63, 3.8) is 0 Å². The lowest BCUT2D eigenvalue weighted by molar-refractivity contribution is 1.30. The molecule has 1 aliphatic carbocycles. The maximum atomic E-state index is 3.80. The van der Waals surface area contributed by atoms with Crippen molar-refractivity contribution in [2.45, 2.75) is 6.42 Å². The number of hydrogen-bond donors (Lipinski definition) is 1. The molecule has 0 radical (unpaired) electrons. The minimum atomic E-state index is 1.06. The van der Waals surface area contributed by atoms with Gasteiger partial charge in [0.15, 0.2) is 0 Å². The Bertz CT molecular complexity index is 375. The van der Waals surface area contributed by atoms with Gasteiger partial charge in [-0.15, -0.1) is 0 Å². The van der Waals surface area contributed by atoms with E-state index in [4.69, 9.17) is 0 Å². The van der Waals surface area contributed by atoms with Gasteiger partial charge in [0.25, 0.3) is 0 Å². The smallest absolute Gasteiger partial charge is 0.0417 e. The molecule has 1 nitrogen and oxygen atoms in total. The number of fused-ring (bicyclic) bond motifs is 1. The highest BCUT2D eigenvalue weighted by Gasteiger charge is 2.07. The van der Waals surface area contributed by atoms with E-state index in [9.17, 15) is 0 Å². The lowest BCUT2D eigenvalue weighted by Crippen LogP contribution is -1.94. The monoisotopic (exact) mass is 171 g/mol. The van der Waals surface area contributed by atoms with Gasteiger partial charge in [0.05, 0.1) is 0 Å². The Balaban J connectivity index is 2.57. The first kappa shape index (κ1) is 8.11. The van der Waals surface area contributed by atoms with E-state index in [0.717, 1.165) is 12.1 Å². The fourth-order valence-electron chi connectivity index (χ4n) is 1.71. The summed E-state index contributed by atoms with van der Waals surface area (Å²) in [5.74, 6) is 0. The van der Waals surface area contributed by atoms with Crippen LogP contribution in [0.1, 0.15) is 16.7 Å². The van der Waals surface area contributed by atoms with Crippen molar-refractivity contribution < 1.29 is 0 Å². The summed E-state index contributed by atoms with van der Waals surface area (Å²) in [6.45, 7) is 3.80. The summed E-state index contributed by atoms with van der Waals surface area (Å²) in [6.07, 6.45) is 7.31. The minimum absolute atomic E-state index is 1.06. The molecule has 2 rings (SSSR count). The fraction of sp³-hybridized carbons (Fsp3) is 0.167. The van der Waals surface area contributed by atoms with Crippen molar-refractivity contribution in [2.24, 2.45) is 0 Å². The zero-order valence-electron chi connectivity index (χ0n) is 7.80. The standard InChI is InChI=1S/C12H13N/c1-3-9-7-10-5-4-6-11(10)8-12(9)13-2/h3-4,6-8,13H,1,5H2,2H3. The van der Waals surface area contributed by atoms with E-state index in [2.05, 4.69) is 36.2 Å². The Morgan fingerprint density at radius 1 is 1.46 bits per heavy atom. The number of nitrogens with one attached hydrogen (secondary N) is 1. The van der Waals surface area contributed by atoms with Crippen LogP contribution in [0, 0.1) is 0 Å². The highest BCUT2D eigenvalue weighted by Crippen LogP contribution is 2.27. The van der Waals surface area contributed by atoms with Crippen molar-refractivity contribution in [3.8, 4) is 0 Å². The van der Waals surface area contributed by atoms with Crippen molar-refractivity contribution in [1.82, 2.24) is 0 Å². The molecule has 0 amide bonds. The average Bonchev–Trinajstić information content (AvgIpc) is 2.62. The van der Waals surface area contributed by atoms with Crippen LogP contribution in [-0.2, 0) is 6.42 Å². The molecule has 0 saturated carbocycles. The van der Waals surface area contributed by atoms with Crippen molar-refractivity contribution in [2.75, 3.05) is 12.4 Å². The van der Waals surface area contributed by atoms with Gasteiger partial charge in [0.2, 0.25) is 0 Å². The third-order valence-electron chi connectivity index (χ3n) is 2.44. The summed E-state index contributed by atoms with van der Waals surface area (Å²) in [6, 6.07) is 4.38. The molecule has 1 aromatic rings. The highest BCUT2D eigenvalue weighted by atomic mass is 14.8. The zero-order valence-corrected chi connectivity index (χ0v) is 7.80. The molecule has 13 heavy (non-hydrogen) atoms. The van der Waals surface area contributed by atoms with Crippen LogP contribution in [0.5, 0.6) is 0 Å². The van der Waals surface area contributed by atoms with Gasteiger partial charge in [-0.2, -0.15) is 0 Å². The third-order valence-corrected chi connectivity index (χ3v) is 2.44. The van der Waals surface area contributed by atoms with Crippen LogP contribution in [0.3, 0.4) is 0 Å². The van der Waals surface area contributed by atoms with E-state index in [1.54, 1.807) is 0 Å². The van der Waals surface area contributed by atoms with Crippen LogP contribution >= 0.6 is 0 Å². The molecule has 0 fully saturated rings. The lowest BCUT2D eigenvalue weighted by Gasteiger charge is -2.08. The maximum Gasteiger partial charge on any atom is 0.0417 e. The van der Waals surface area contributed by atoms with Crippen LogP contribution < -0.4 is 5.32 Å². The molecule has 0 heterocycles. The van der Waals surface area contributed by atoms with Gasteiger partial charge in [0, 0.05) is 12.7 Å². The first-order valence-corrected chi connectivity index (χ1v) is 4.49. The van der Waals surface area contributed by atoms with Crippen molar-refractivity contribution in [3.05, 3.63) is 41.5 Å². The number of anilines is 1. The largest absolute Gasteiger partial charge is 0.388 e. The van der Waals surface area contributed by atoms with Gasteiger partial charge in [-0.25, -0.2) is 0 Å². The second-order valence-corrected chi connectivity index (χ2v) is 3.20. The van der Waals surface area contributed by atoms with Crippen LogP contribution in [0.4, 0.5) is 5.69 Å². The van der Waals surface area contributed by atoms with Gasteiger partial charge < -0.3 is 5.32 Å².